The lowest BCUT2D eigenvalue weighted by Gasteiger charge is -2.18. The largest absolute Gasteiger partial charge is 0.462 e. The van der Waals surface area contributed by atoms with E-state index in [1.54, 1.807) is 19.1 Å². The average Bonchev–Trinajstić information content (AvgIpc) is 2.87. The van der Waals surface area contributed by atoms with E-state index in [-0.39, 0.29) is 28.6 Å². The molecule has 7 heteroatoms. The zero-order chi connectivity index (χ0) is 20.4. The molecule has 2 amide bonds. The predicted octanol–water partition coefficient (Wildman–Crippen LogP) is 3.92. The van der Waals surface area contributed by atoms with Crippen molar-refractivity contribution < 1.29 is 19.1 Å². The summed E-state index contributed by atoms with van der Waals surface area (Å²) in [6.07, 6.45) is 0. The first kappa shape index (κ1) is 19.6. The van der Waals surface area contributed by atoms with E-state index in [1.807, 2.05) is 32.0 Å². The van der Waals surface area contributed by atoms with Crippen LogP contribution in [0.25, 0.3) is 0 Å². The fraction of sp³-hybridized carbons (Fsp3) is 0.190. The molecule has 0 radical (unpaired) electrons. The SMILES string of the molecule is CCOC(=O)c1ccccc1N1C(=O)C(Cl)=C(Nc2ccc(C)cc2C)C1=O. The number of anilines is 2. The number of amides is 2. The van der Waals surface area contributed by atoms with Crippen molar-refractivity contribution in [3.63, 3.8) is 0 Å². The Balaban J connectivity index is 1.97. The number of rotatable bonds is 5. The number of nitrogens with one attached hydrogen (secondary N) is 1. The number of ether oxygens (including phenoxy) is 1. The molecule has 2 aromatic rings. The second kappa shape index (κ2) is 7.86. The maximum Gasteiger partial charge on any atom is 0.340 e. The molecule has 3 rings (SSSR count). The van der Waals surface area contributed by atoms with Gasteiger partial charge in [0.2, 0.25) is 0 Å². The lowest BCUT2D eigenvalue weighted by atomic mass is 10.1. The van der Waals surface area contributed by atoms with Crippen LogP contribution in [-0.4, -0.2) is 24.4 Å². The highest BCUT2D eigenvalue weighted by atomic mass is 35.5. The molecular weight excluding hydrogens is 380 g/mol. The maximum absolute atomic E-state index is 13.0. The molecule has 1 aliphatic rings. The minimum absolute atomic E-state index is 0.0303. The fourth-order valence-corrected chi connectivity index (χ4v) is 3.18. The van der Waals surface area contributed by atoms with E-state index < -0.39 is 17.8 Å². The first-order chi connectivity index (χ1) is 13.3. The van der Waals surface area contributed by atoms with E-state index in [4.69, 9.17) is 16.3 Å². The third-order valence-corrected chi connectivity index (χ3v) is 4.66. The molecule has 1 aliphatic heterocycles. The van der Waals surface area contributed by atoms with E-state index in [9.17, 15) is 14.4 Å². The highest BCUT2D eigenvalue weighted by molar-refractivity contribution is 6.53. The van der Waals surface area contributed by atoms with Crippen molar-refractivity contribution in [3.8, 4) is 0 Å². The van der Waals surface area contributed by atoms with Crippen LogP contribution >= 0.6 is 11.6 Å². The van der Waals surface area contributed by atoms with Gasteiger partial charge in [-0.3, -0.25) is 9.59 Å². The molecule has 28 heavy (non-hydrogen) atoms. The zero-order valence-electron chi connectivity index (χ0n) is 15.7. The number of hydrogen-bond donors (Lipinski definition) is 1. The summed E-state index contributed by atoms with van der Waals surface area (Å²) >= 11 is 6.18. The van der Waals surface area contributed by atoms with Crippen LogP contribution in [0.1, 0.15) is 28.4 Å². The van der Waals surface area contributed by atoms with Gasteiger partial charge in [-0.25, -0.2) is 9.69 Å². The van der Waals surface area contributed by atoms with Gasteiger partial charge in [0.1, 0.15) is 10.7 Å². The van der Waals surface area contributed by atoms with Crippen LogP contribution in [0.3, 0.4) is 0 Å². The quantitative estimate of drug-likeness (QED) is 0.610. The van der Waals surface area contributed by atoms with Gasteiger partial charge in [-0.15, -0.1) is 0 Å². The molecule has 2 aromatic carbocycles. The van der Waals surface area contributed by atoms with Gasteiger partial charge in [-0.1, -0.05) is 41.4 Å². The van der Waals surface area contributed by atoms with Crippen LogP contribution in [0.4, 0.5) is 11.4 Å². The molecule has 6 nitrogen and oxygen atoms in total. The smallest absolute Gasteiger partial charge is 0.340 e. The summed E-state index contributed by atoms with van der Waals surface area (Å²) in [4.78, 5) is 38.8. The summed E-state index contributed by atoms with van der Waals surface area (Å²) in [5, 5.41) is 2.73. The summed E-state index contributed by atoms with van der Waals surface area (Å²) in [5.74, 6) is -1.95. The van der Waals surface area contributed by atoms with Crippen molar-refractivity contribution in [1.82, 2.24) is 0 Å². The number of carbonyl (C=O) groups excluding carboxylic acids is 3. The fourth-order valence-electron chi connectivity index (χ4n) is 2.97. The van der Waals surface area contributed by atoms with Crippen molar-refractivity contribution in [3.05, 3.63) is 69.9 Å². The summed E-state index contributed by atoms with van der Waals surface area (Å²) in [5.41, 5.74) is 2.86. The van der Waals surface area contributed by atoms with Crippen molar-refractivity contribution in [1.29, 1.82) is 0 Å². The molecule has 1 N–H and O–H groups in total. The van der Waals surface area contributed by atoms with E-state index in [0.29, 0.717) is 5.69 Å². The Morgan fingerprint density at radius 3 is 2.50 bits per heavy atom. The highest BCUT2D eigenvalue weighted by Gasteiger charge is 2.40. The van der Waals surface area contributed by atoms with Crippen LogP contribution in [0.2, 0.25) is 0 Å². The number of imide groups is 1. The van der Waals surface area contributed by atoms with Crippen LogP contribution in [-0.2, 0) is 14.3 Å². The first-order valence-electron chi connectivity index (χ1n) is 8.74. The third-order valence-electron chi connectivity index (χ3n) is 4.31. The molecule has 0 saturated heterocycles. The molecule has 144 valence electrons. The maximum atomic E-state index is 13.0. The number of hydrogen-bond acceptors (Lipinski definition) is 5. The second-order valence-corrected chi connectivity index (χ2v) is 6.69. The topological polar surface area (TPSA) is 75.7 Å². The Bertz CT molecular complexity index is 1010. The minimum atomic E-state index is -0.698. The van der Waals surface area contributed by atoms with Gasteiger partial charge in [0.25, 0.3) is 11.8 Å². The predicted molar refractivity (Wildman–Crippen MR) is 107 cm³/mol. The van der Waals surface area contributed by atoms with Gasteiger partial charge < -0.3 is 10.1 Å². The molecule has 0 saturated carbocycles. The lowest BCUT2D eigenvalue weighted by Crippen LogP contribution is -2.33. The molecular formula is C21H19ClN2O4. The molecule has 0 aliphatic carbocycles. The van der Waals surface area contributed by atoms with E-state index >= 15 is 0 Å². The van der Waals surface area contributed by atoms with Crippen LogP contribution in [0.5, 0.6) is 0 Å². The summed E-state index contributed by atoms with van der Waals surface area (Å²) < 4.78 is 5.02. The van der Waals surface area contributed by atoms with E-state index in [2.05, 4.69) is 5.32 Å². The van der Waals surface area contributed by atoms with E-state index in [0.717, 1.165) is 16.0 Å². The number of para-hydroxylation sites is 1. The Labute approximate surface area is 167 Å². The summed E-state index contributed by atoms with van der Waals surface area (Å²) in [6, 6.07) is 11.9. The molecule has 0 aromatic heterocycles. The van der Waals surface area contributed by atoms with Crippen molar-refractivity contribution in [2.24, 2.45) is 0 Å². The van der Waals surface area contributed by atoms with E-state index in [1.165, 1.54) is 12.1 Å². The lowest BCUT2D eigenvalue weighted by molar-refractivity contribution is -0.120. The normalized spacial score (nSPS) is 13.9. The number of nitrogens with zero attached hydrogens (tertiary/aromatic N) is 1. The van der Waals surface area contributed by atoms with Crippen molar-refractivity contribution >= 4 is 40.8 Å². The summed E-state index contributed by atoms with van der Waals surface area (Å²) in [7, 11) is 0. The van der Waals surface area contributed by atoms with Crippen molar-refractivity contribution in [2.45, 2.75) is 20.8 Å². The van der Waals surface area contributed by atoms with Crippen LogP contribution in [0.15, 0.2) is 53.2 Å². The highest BCUT2D eigenvalue weighted by Crippen LogP contribution is 2.33. The zero-order valence-corrected chi connectivity index (χ0v) is 16.5. The van der Waals surface area contributed by atoms with Gasteiger partial charge in [0.05, 0.1) is 17.9 Å². The monoisotopic (exact) mass is 398 g/mol. The number of esters is 1. The Morgan fingerprint density at radius 1 is 1.11 bits per heavy atom. The number of aryl methyl sites for hydroxylation is 2. The first-order valence-corrected chi connectivity index (χ1v) is 9.12. The van der Waals surface area contributed by atoms with Crippen LogP contribution < -0.4 is 10.2 Å². The van der Waals surface area contributed by atoms with Crippen LogP contribution in [0, 0.1) is 13.8 Å². The third kappa shape index (κ3) is 3.51. The molecule has 1 heterocycles. The minimum Gasteiger partial charge on any atom is -0.462 e. The number of halogens is 1. The Morgan fingerprint density at radius 2 is 1.82 bits per heavy atom. The van der Waals surface area contributed by atoms with Gasteiger partial charge >= 0.3 is 5.97 Å². The molecule has 0 fully saturated rings. The van der Waals surface area contributed by atoms with Gasteiger partial charge in [-0.05, 0) is 44.5 Å². The van der Waals surface area contributed by atoms with Gasteiger partial charge in [0.15, 0.2) is 0 Å². The molecule has 0 atom stereocenters. The Hall–Kier alpha value is -3.12. The molecule has 0 bridgehead atoms. The van der Waals surface area contributed by atoms with Gasteiger partial charge in [-0.2, -0.15) is 0 Å². The molecule has 0 unspecified atom stereocenters. The number of benzene rings is 2. The standard InChI is InChI=1S/C21H19ClN2O4/c1-4-28-21(27)14-7-5-6-8-16(14)24-19(25)17(22)18(20(24)26)23-15-10-9-12(2)11-13(15)3/h5-11,23H,4H2,1-3H3. The average molecular weight is 399 g/mol. The Kier molecular flexibility index (Phi) is 5.51. The van der Waals surface area contributed by atoms with Crippen molar-refractivity contribution in [2.75, 3.05) is 16.8 Å². The number of carbonyl (C=O) groups is 3. The molecule has 0 spiro atoms. The van der Waals surface area contributed by atoms with Gasteiger partial charge in [0, 0.05) is 5.69 Å². The summed E-state index contributed by atoms with van der Waals surface area (Å²) in [6.45, 7) is 5.70. The second-order valence-electron chi connectivity index (χ2n) is 6.32.